The quantitative estimate of drug-likeness (QED) is 0.858. The topological polar surface area (TPSA) is 75.1 Å². The van der Waals surface area contributed by atoms with E-state index < -0.39 is 0 Å². The number of hydrogen-bond acceptors (Lipinski definition) is 5. The van der Waals surface area contributed by atoms with Crippen LogP contribution in [0.15, 0.2) is 30.7 Å². The van der Waals surface area contributed by atoms with Gasteiger partial charge in [0, 0.05) is 45.3 Å². The van der Waals surface area contributed by atoms with E-state index in [-0.39, 0.29) is 11.8 Å². The number of pyridine rings is 1. The average molecular weight is 328 g/mol. The Hall–Kier alpha value is -2.41. The van der Waals surface area contributed by atoms with Gasteiger partial charge in [-0.05, 0) is 24.1 Å². The summed E-state index contributed by atoms with van der Waals surface area (Å²) in [6, 6.07) is 3.88. The van der Waals surface area contributed by atoms with Crippen molar-refractivity contribution in [1.82, 2.24) is 20.1 Å². The lowest BCUT2D eigenvalue weighted by Crippen LogP contribution is -2.43. The highest BCUT2D eigenvalue weighted by Gasteiger charge is 2.16. The lowest BCUT2D eigenvalue weighted by Gasteiger charge is -2.28. The van der Waals surface area contributed by atoms with Gasteiger partial charge in [0.15, 0.2) is 0 Å². The summed E-state index contributed by atoms with van der Waals surface area (Å²) < 4.78 is 1.75. The van der Waals surface area contributed by atoms with E-state index in [1.165, 1.54) is 0 Å². The summed E-state index contributed by atoms with van der Waals surface area (Å²) in [4.78, 5) is 19.0. The Bertz CT molecular complexity index is 675. The second-order valence-corrected chi connectivity index (χ2v) is 6.26. The van der Waals surface area contributed by atoms with Crippen LogP contribution in [-0.2, 0) is 18.3 Å². The van der Waals surface area contributed by atoms with Crippen LogP contribution in [0.2, 0.25) is 0 Å². The minimum absolute atomic E-state index is 0.00410. The van der Waals surface area contributed by atoms with E-state index in [0.29, 0.717) is 6.42 Å². The van der Waals surface area contributed by atoms with Crippen LogP contribution in [0.3, 0.4) is 0 Å². The van der Waals surface area contributed by atoms with Crippen LogP contribution in [-0.4, -0.2) is 46.9 Å². The van der Waals surface area contributed by atoms with Gasteiger partial charge in [0.25, 0.3) is 0 Å². The van der Waals surface area contributed by atoms with Gasteiger partial charge in [-0.3, -0.25) is 9.48 Å². The number of aromatic nitrogens is 3. The molecule has 1 aliphatic rings. The number of hydrogen-bond donors (Lipinski definition) is 2. The molecule has 2 aromatic rings. The molecule has 0 bridgehead atoms. The van der Waals surface area contributed by atoms with Gasteiger partial charge in [-0.2, -0.15) is 5.10 Å². The monoisotopic (exact) mass is 328 g/mol. The Morgan fingerprint density at radius 3 is 2.75 bits per heavy atom. The zero-order valence-corrected chi connectivity index (χ0v) is 14.2. The maximum Gasteiger partial charge on any atom is 0.227 e. The van der Waals surface area contributed by atoms with Gasteiger partial charge in [-0.25, -0.2) is 4.98 Å². The van der Waals surface area contributed by atoms with Crippen LogP contribution in [0, 0.1) is 5.92 Å². The highest BCUT2D eigenvalue weighted by Crippen LogP contribution is 2.16. The van der Waals surface area contributed by atoms with Crippen molar-refractivity contribution in [1.29, 1.82) is 0 Å². The van der Waals surface area contributed by atoms with E-state index in [2.05, 4.69) is 25.6 Å². The highest BCUT2D eigenvalue weighted by atomic mass is 16.1. The summed E-state index contributed by atoms with van der Waals surface area (Å²) >= 11 is 0. The zero-order valence-electron chi connectivity index (χ0n) is 14.2. The number of rotatable bonds is 5. The average Bonchev–Trinajstić information content (AvgIpc) is 3.01. The van der Waals surface area contributed by atoms with Crippen molar-refractivity contribution in [2.24, 2.45) is 13.0 Å². The first-order chi connectivity index (χ1) is 11.6. The largest absolute Gasteiger partial charge is 0.354 e. The first-order valence-electron chi connectivity index (χ1n) is 8.32. The van der Waals surface area contributed by atoms with Gasteiger partial charge in [-0.1, -0.05) is 6.92 Å². The first-order valence-corrected chi connectivity index (χ1v) is 8.32. The molecule has 0 spiro atoms. The first kappa shape index (κ1) is 16.4. The summed E-state index contributed by atoms with van der Waals surface area (Å²) in [5.74, 6) is 0.829. The van der Waals surface area contributed by atoms with Gasteiger partial charge < -0.3 is 15.5 Å². The van der Waals surface area contributed by atoms with Crippen molar-refractivity contribution < 1.29 is 4.79 Å². The lowest BCUT2D eigenvalue weighted by atomic mass is 10.0. The van der Waals surface area contributed by atoms with Crippen molar-refractivity contribution in [3.8, 4) is 0 Å². The molecule has 1 aliphatic heterocycles. The number of carbonyl (C=O) groups excluding carboxylic acids is 1. The van der Waals surface area contributed by atoms with Crippen LogP contribution in [0.4, 0.5) is 11.5 Å². The Kier molecular flexibility index (Phi) is 5.10. The molecule has 2 aromatic heterocycles. The van der Waals surface area contributed by atoms with E-state index in [9.17, 15) is 4.79 Å². The Morgan fingerprint density at radius 2 is 2.12 bits per heavy atom. The highest BCUT2D eigenvalue weighted by molar-refractivity contribution is 5.92. The molecule has 0 saturated carbocycles. The molecule has 7 nitrogen and oxygen atoms in total. The van der Waals surface area contributed by atoms with Crippen molar-refractivity contribution in [2.45, 2.75) is 13.3 Å². The maximum atomic E-state index is 12.3. The van der Waals surface area contributed by atoms with E-state index in [4.69, 9.17) is 0 Å². The van der Waals surface area contributed by atoms with E-state index >= 15 is 0 Å². The molecule has 2 N–H and O–H groups in total. The van der Waals surface area contributed by atoms with Gasteiger partial charge in [-0.15, -0.1) is 0 Å². The second kappa shape index (κ2) is 7.44. The van der Waals surface area contributed by atoms with Crippen molar-refractivity contribution in [3.63, 3.8) is 0 Å². The van der Waals surface area contributed by atoms with Crippen molar-refractivity contribution in [3.05, 3.63) is 36.3 Å². The van der Waals surface area contributed by atoms with Gasteiger partial charge in [0.1, 0.15) is 5.82 Å². The zero-order chi connectivity index (χ0) is 16.9. The molecule has 1 fully saturated rings. The molecule has 1 amide bonds. The molecule has 3 rings (SSSR count). The Labute approximate surface area is 142 Å². The van der Waals surface area contributed by atoms with E-state index in [0.717, 1.165) is 43.2 Å². The van der Waals surface area contributed by atoms with Crippen LogP contribution in [0.25, 0.3) is 0 Å². The number of anilines is 2. The predicted octanol–water partition coefficient (Wildman–Crippen LogP) is 1.04. The van der Waals surface area contributed by atoms with Crippen LogP contribution >= 0.6 is 0 Å². The molecule has 0 aromatic carbocycles. The summed E-state index contributed by atoms with van der Waals surface area (Å²) in [5.41, 5.74) is 1.80. The molecule has 1 saturated heterocycles. The number of aryl methyl sites for hydroxylation is 1. The Morgan fingerprint density at radius 1 is 1.33 bits per heavy atom. The molecule has 1 unspecified atom stereocenters. The summed E-state index contributed by atoms with van der Waals surface area (Å²) in [6.45, 7) is 5.80. The summed E-state index contributed by atoms with van der Waals surface area (Å²) in [7, 11) is 1.87. The Balaban J connectivity index is 1.55. The third-order valence-corrected chi connectivity index (χ3v) is 4.20. The molecule has 24 heavy (non-hydrogen) atoms. The van der Waals surface area contributed by atoms with Crippen LogP contribution in [0.5, 0.6) is 0 Å². The van der Waals surface area contributed by atoms with Gasteiger partial charge in [0.05, 0.1) is 18.1 Å². The molecule has 1 atom stereocenters. The molecule has 0 radical (unpaired) electrons. The molecular weight excluding hydrogens is 304 g/mol. The standard InChI is InChI=1S/C17H24N6O/c1-13(9-14-10-20-22(2)12-14)17(24)21-15-3-4-16(19-11-15)23-7-5-18-6-8-23/h3-4,10-13,18H,5-9H2,1-2H3,(H,21,24). The van der Waals surface area contributed by atoms with Crippen molar-refractivity contribution in [2.75, 3.05) is 36.4 Å². The fourth-order valence-electron chi connectivity index (χ4n) is 2.83. The van der Waals surface area contributed by atoms with E-state index in [1.54, 1.807) is 17.1 Å². The molecule has 128 valence electrons. The molecule has 0 aliphatic carbocycles. The maximum absolute atomic E-state index is 12.3. The van der Waals surface area contributed by atoms with Gasteiger partial charge >= 0.3 is 0 Å². The fraction of sp³-hybridized carbons (Fsp3) is 0.471. The summed E-state index contributed by atoms with van der Waals surface area (Å²) in [6.07, 6.45) is 6.14. The SMILES string of the molecule is CC(Cc1cnn(C)c1)C(=O)Nc1ccc(N2CCNCC2)nc1. The summed E-state index contributed by atoms with van der Waals surface area (Å²) in [5, 5.41) is 10.4. The minimum Gasteiger partial charge on any atom is -0.354 e. The molecule has 7 heteroatoms. The number of nitrogens with one attached hydrogen (secondary N) is 2. The normalized spacial score (nSPS) is 16.0. The molecular formula is C17H24N6O. The third-order valence-electron chi connectivity index (χ3n) is 4.20. The number of nitrogens with zero attached hydrogens (tertiary/aromatic N) is 4. The second-order valence-electron chi connectivity index (χ2n) is 6.26. The van der Waals surface area contributed by atoms with Crippen LogP contribution < -0.4 is 15.5 Å². The number of carbonyl (C=O) groups is 1. The van der Waals surface area contributed by atoms with Crippen molar-refractivity contribution >= 4 is 17.4 Å². The minimum atomic E-state index is -0.123. The molecule has 3 heterocycles. The number of piperazine rings is 1. The van der Waals surface area contributed by atoms with Crippen LogP contribution in [0.1, 0.15) is 12.5 Å². The smallest absolute Gasteiger partial charge is 0.227 e. The van der Waals surface area contributed by atoms with E-state index in [1.807, 2.05) is 32.3 Å². The predicted molar refractivity (Wildman–Crippen MR) is 94.0 cm³/mol. The lowest BCUT2D eigenvalue weighted by molar-refractivity contribution is -0.119. The fourth-order valence-corrected chi connectivity index (χ4v) is 2.83. The van der Waals surface area contributed by atoms with Gasteiger partial charge in [0.2, 0.25) is 5.91 Å². The number of amides is 1. The third kappa shape index (κ3) is 4.11.